The van der Waals surface area contributed by atoms with Crippen LogP contribution in [0.5, 0.6) is 0 Å². The number of fused-ring (bicyclic) bond motifs is 24. The topological polar surface area (TPSA) is 6.48 Å². The summed E-state index contributed by atoms with van der Waals surface area (Å²) < 4.78 is 5.28. The summed E-state index contributed by atoms with van der Waals surface area (Å²) in [6, 6.07) is 204. The molecule has 0 amide bonds. The van der Waals surface area contributed by atoms with Crippen molar-refractivity contribution < 1.29 is 0 Å². The van der Waals surface area contributed by atoms with Gasteiger partial charge in [-0.15, -0.1) is 22.7 Å². The summed E-state index contributed by atoms with van der Waals surface area (Å²) in [5, 5.41) is 5.25. The Balaban J connectivity index is 0.000000141. The number of rotatable bonds is 14. The van der Waals surface area contributed by atoms with Crippen molar-refractivity contribution in [2.75, 3.05) is 9.80 Å². The van der Waals surface area contributed by atoms with E-state index in [-0.39, 0.29) is 0 Å². The highest BCUT2D eigenvalue weighted by molar-refractivity contribution is 7.26. The van der Waals surface area contributed by atoms with Gasteiger partial charge in [0.2, 0.25) is 0 Å². The molecule has 4 aliphatic rings. The fourth-order valence-corrected chi connectivity index (χ4v) is 27.0. The maximum absolute atomic E-state index is 2.51. The Kier molecular flexibility index (Phi) is 19.7. The Morgan fingerprint density at radius 1 is 0.136 bits per heavy atom. The lowest BCUT2D eigenvalue weighted by atomic mass is 9.51. The molecule has 4 heteroatoms. The predicted molar refractivity (Wildman–Crippen MR) is 588 cm³/mol. The van der Waals surface area contributed by atoms with Crippen molar-refractivity contribution in [1.29, 1.82) is 0 Å². The summed E-state index contributed by atoms with van der Waals surface area (Å²) in [6.45, 7) is 0. The van der Waals surface area contributed by atoms with Gasteiger partial charge in [-0.25, -0.2) is 0 Å². The molecule has 0 saturated carbocycles. The number of anilines is 6. The summed E-state index contributed by atoms with van der Waals surface area (Å²) in [4.78, 5) is 4.90. The van der Waals surface area contributed by atoms with Crippen LogP contribution in [0.3, 0.4) is 0 Å². The maximum atomic E-state index is 2.51. The van der Waals surface area contributed by atoms with Gasteiger partial charge < -0.3 is 9.80 Å². The fourth-order valence-electron chi connectivity index (χ4n) is 24.7. The van der Waals surface area contributed by atoms with Crippen molar-refractivity contribution in [3.63, 3.8) is 0 Å². The van der Waals surface area contributed by atoms with E-state index in [1.165, 1.54) is 196 Å². The lowest BCUT2D eigenvalue weighted by Gasteiger charge is -2.50. The van der Waals surface area contributed by atoms with Gasteiger partial charge in [-0.2, -0.15) is 0 Å². The third-order valence-electron chi connectivity index (χ3n) is 30.5. The van der Waals surface area contributed by atoms with Crippen molar-refractivity contribution >= 4 is 97.1 Å². The van der Waals surface area contributed by atoms with Crippen LogP contribution in [0.15, 0.2) is 546 Å². The number of thiophene rings is 2. The van der Waals surface area contributed by atoms with Crippen molar-refractivity contribution in [3.8, 4) is 66.8 Å². The first-order chi connectivity index (χ1) is 69.4. The zero-order valence-electron chi connectivity index (χ0n) is 76.7. The molecule has 2 spiro atoms. The lowest BCUT2D eigenvalue weighted by Crippen LogP contribution is -2.44. The van der Waals surface area contributed by atoms with Crippen LogP contribution in [0.1, 0.15) is 89.0 Å². The SMILES string of the molecule is c1ccc(-c2ccc(N(c3ccc(-c4ccc5sc6ccccc6c5c4)cc3)c3ccc4c(c3)C3(c5ccccc5-4)c4ccccc4C(c4ccccc4)(c4ccccc4)c4ccccc43)cc2)cc1.c1ccc(-c2ccc(N(c3ccc(-c4cccc5c4sc4ccccc45)cc3)c3ccc4c(c3)C3(c5ccccc5-4)c4ccccc4C(c4ccccc4)(c4ccccc4)c4ccccc43)cc2)cc1. The summed E-state index contributed by atoms with van der Waals surface area (Å²) in [7, 11) is 0. The van der Waals surface area contributed by atoms with Gasteiger partial charge in [0.15, 0.2) is 0 Å². The van der Waals surface area contributed by atoms with Crippen LogP contribution in [0.4, 0.5) is 34.1 Å². The largest absolute Gasteiger partial charge is 0.310 e. The average molecular weight is 1820 g/mol. The predicted octanol–water partition coefficient (Wildman–Crippen LogP) is 35.8. The Labute approximate surface area is 823 Å². The summed E-state index contributed by atoms with van der Waals surface area (Å²) in [5.74, 6) is 0. The van der Waals surface area contributed by atoms with Crippen LogP contribution in [-0.4, -0.2) is 0 Å². The van der Waals surface area contributed by atoms with Crippen molar-refractivity contribution in [2.45, 2.75) is 21.7 Å². The monoisotopic (exact) mass is 1810 g/mol. The molecule has 140 heavy (non-hydrogen) atoms. The summed E-state index contributed by atoms with van der Waals surface area (Å²) in [6.07, 6.45) is 0. The first kappa shape index (κ1) is 82.4. The van der Waals surface area contributed by atoms with E-state index >= 15 is 0 Å². The van der Waals surface area contributed by atoms with Gasteiger partial charge in [0.05, 0.1) is 21.7 Å². The molecule has 0 fully saturated rings. The fraction of sp³-hybridized carbons (Fsp3) is 0.0294. The van der Waals surface area contributed by atoms with E-state index < -0.39 is 21.7 Å². The van der Waals surface area contributed by atoms with Crippen LogP contribution in [0.25, 0.3) is 107 Å². The molecule has 4 aliphatic carbocycles. The normalized spacial score (nSPS) is 13.7. The first-order valence-electron chi connectivity index (χ1n) is 48.5. The van der Waals surface area contributed by atoms with E-state index in [1.54, 1.807) is 0 Å². The molecular weight excluding hydrogens is 1730 g/mol. The van der Waals surface area contributed by atoms with Crippen LogP contribution < -0.4 is 9.80 Å². The summed E-state index contributed by atoms with van der Waals surface area (Å²) >= 11 is 3.74. The minimum absolute atomic E-state index is 0.564. The number of nitrogens with zero attached hydrogens (tertiary/aromatic N) is 2. The Hall–Kier alpha value is -17.1. The van der Waals surface area contributed by atoms with Gasteiger partial charge in [0.1, 0.15) is 0 Å². The number of benzene rings is 22. The second-order valence-corrected chi connectivity index (χ2v) is 39.5. The highest BCUT2D eigenvalue weighted by Gasteiger charge is 2.59. The number of hydrogen-bond acceptors (Lipinski definition) is 4. The van der Waals surface area contributed by atoms with Crippen LogP contribution >= 0.6 is 22.7 Å². The van der Waals surface area contributed by atoms with E-state index in [9.17, 15) is 0 Å². The van der Waals surface area contributed by atoms with E-state index in [2.05, 4.69) is 556 Å². The third kappa shape index (κ3) is 12.6. The van der Waals surface area contributed by atoms with E-state index in [4.69, 9.17) is 0 Å². The maximum Gasteiger partial charge on any atom is 0.0720 e. The first-order valence-corrected chi connectivity index (χ1v) is 50.1. The Bertz CT molecular complexity index is 8710. The highest BCUT2D eigenvalue weighted by Crippen LogP contribution is 2.68. The molecule has 0 aliphatic heterocycles. The van der Waals surface area contributed by atoms with Gasteiger partial charge in [-0.05, 0) is 253 Å². The molecule has 0 bridgehead atoms. The van der Waals surface area contributed by atoms with Crippen molar-refractivity contribution in [2.24, 2.45) is 0 Å². The molecule has 0 radical (unpaired) electrons. The zero-order chi connectivity index (χ0) is 92.5. The van der Waals surface area contributed by atoms with E-state index in [0.717, 1.165) is 34.1 Å². The van der Waals surface area contributed by atoms with E-state index in [0.29, 0.717) is 0 Å². The van der Waals surface area contributed by atoms with Crippen LogP contribution in [0, 0.1) is 0 Å². The molecular formula is C136H90N2S2. The molecule has 0 unspecified atom stereocenters. The minimum Gasteiger partial charge on any atom is -0.310 e. The van der Waals surface area contributed by atoms with Crippen LogP contribution in [0.2, 0.25) is 0 Å². The molecule has 656 valence electrons. The van der Waals surface area contributed by atoms with Gasteiger partial charge >= 0.3 is 0 Å². The second-order valence-electron chi connectivity index (χ2n) is 37.4. The summed E-state index contributed by atoms with van der Waals surface area (Å²) in [5.41, 5.74) is 39.7. The standard InChI is InChI=1S/2C68H45NS/c1-4-19-46(20-5-1)47-35-39-51(40-36-47)69(52-41-37-48(38-42-52)54-27-18-28-58-57-26-11-17-34-65(57)70-66(54)58)53-43-44-56-55-25-10-12-29-59(55)68(64(56)45-53)62-32-15-13-30-60(62)67(49-21-6-2-7-22-49,50-23-8-3-9-24-50)61-31-14-16-33-63(61)68;1-4-18-46(19-5-1)47-32-37-52(38-33-47)69(53-39-34-48(35-40-53)49-36-43-66-58(44-49)57-25-11-17-31-65(57)70-66)54-41-42-56-55-24-10-12-26-59(55)68(64(56)45-54)62-29-15-13-27-60(62)67(50-20-6-2-7-21-50,51-22-8-3-9-23-51)61-28-14-16-30-63(61)68/h2*1-45H. The average Bonchev–Trinajstić information content (AvgIpc) is 1.42. The molecule has 24 aromatic rings. The molecule has 2 aromatic heterocycles. The molecule has 0 saturated heterocycles. The molecule has 22 aromatic carbocycles. The van der Waals surface area contributed by atoms with E-state index in [1.807, 2.05) is 22.7 Å². The van der Waals surface area contributed by atoms with Gasteiger partial charge in [0.25, 0.3) is 0 Å². The zero-order valence-corrected chi connectivity index (χ0v) is 78.3. The smallest absolute Gasteiger partial charge is 0.0720 e. The second kappa shape index (κ2) is 33.4. The van der Waals surface area contributed by atoms with Crippen molar-refractivity contribution in [1.82, 2.24) is 0 Å². The lowest BCUT2D eigenvalue weighted by molar-refractivity contribution is 0.623. The molecule has 2 nitrogen and oxygen atoms in total. The molecule has 0 N–H and O–H groups in total. The van der Waals surface area contributed by atoms with Crippen molar-refractivity contribution in [3.05, 3.63) is 635 Å². The minimum atomic E-state index is -0.613. The number of hydrogen-bond donors (Lipinski definition) is 0. The molecule has 2 heterocycles. The van der Waals surface area contributed by atoms with Gasteiger partial charge in [0, 0.05) is 74.5 Å². The Morgan fingerprint density at radius 3 is 0.779 bits per heavy atom. The third-order valence-corrected chi connectivity index (χ3v) is 32.9. The highest BCUT2D eigenvalue weighted by atomic mass is 32.1. The molecule has 28 rings (SSSR count). The van der Waals surface area contributed by atoms with Crippen LogP contribution in [-0.2, 0) is 21.7 Å². The van der Waals surface area contributed by atoms with Gasteiger partial charge in [-0.1, -0.05) is 449 Å². The Morgan fingerprint density at radius 2 is 0.393 bits per heavy atom. The van der Waals surface area contributed by atoms with Gasteiger partial charge in [-0.3, -0.25) is 0 Å². The molecule has 0 atom stereocenters. The quantitative estimate of drug-likeness (QED) is 0.107.